The van der Waals surface area contributed by atoms with Crippen LogP contribution in [0, 0.1) is 0 Å². The molecule has 1 fully saturated rings. The summed E-state index contributed by atoms with van der Waals surface area (Å²) in [7, 11) is 0. The maximum Gasteiger partial charge on any atom is 0.0558 e. The number of rotatable bonds is 3. The Balaban J connectivity index is 2.35. The van der Waals surface area contributed by atoms with Crippen molar-refractivity contribution in [2.75, 3.05) is 39.3 Å². The maximum atomic E-state index is 8.81. The van der Waals surface area contributed by atoms with Gasteiger partial charge in [-0.3, -0.25) is 4.90 Å². The molecule has 1 heterocycles. The van der Waals surface area contributed by atoms with Crippen LogP contribution in [0.1, 0.15) is 13.3 Å². The first kappa shape index (κ1) is 10.5. The highest BCUT2D eigenvalue weighted by Crippen LogP contribution is 2.07. The van der Waals surface area contributed by atoms with E-state index in [0.717, 1.165) is 38.4 Å². The molecule has 0 aromatic heterocycles. The Bertz CT molecular complexity index is 170. The van der Waals surface area contributed by atoms with Gasteiger partial charge >= 0.3 is 0 Å². The molecule has 0 amide bonds. The molecule has 0 radical (unpaired) electrons. The quantitative estimate of drug-likeness (QED) is 0.692. The summed E-state index contributed by atoms with van der Waals surface area (Å²) in [5.74, 6) is 0. The molecule has 0 aliphatic carbocycles. The molecule has 76 valence electrons. The lowest BCUT2D eigenvalue weighted by molar-refractivity contribution is 0.200. The van der Waals surface area contributed by atoms with Crippen molar-refractivity contribution in [2.45, 2.75) is 13.3 Å². The third-order valence-corrected chi connectivity index (χ3v) is 2.54. The molecule has 13 heavy (non-hydrogen) atoms. The summed E-state index contributed by atoms with van der Waals surface area (Å²) in [5.41, 5.74) is 1.16. The number of aliphatic hydroxyl groups excluding tert-OH is 1. The zero-order chi connectivity index (χ0) is 9.68. The Hall–Kier alpha value is -0.540. The van der Waals surface area contributed by atoms with Crippen LogP contribution in [0.3, 0.4) is 0 Å². The van der Waals surface area contributed by atoms with E-state index in [1.54, 1.807) is 0 Å². The van der Waals surface area contributed by atoms with E-state index in [2.05, 4.69) is 23.3 Å². The molecule has 0 bridgehead atoms. The second kappa shape index (κ2) is 5.25. The van der Waals surface area contributed by atoms with Gasteiger partial charge in [0.25, 0.3) is 0 Å². The first-order chi connectivity index (χ1) is 6.24. The number of allylic oxidation sites excluding steroid dienone is 1. The predicted octanol–water partition coefficient (Wildman–Crippen LogP) is 0.520. The Morgan fingerprint density at radius 3 is 2.69 bits per heavy atom. The molecule has 1 saturated heterocycles. The molecule has 3 heteroatoms. The Kier molecular flexibility index (Phi) is 4.25. The highest BCUT2D eigenvalue weighted by Gasteiger charge is 2.12. The van der Waals surface area contributed by atoms with Gasteiger partial charge in [0.05, 0.1) is 6.61 Å². The van der Waals surface area contributed by atoms with E-state index in [1.165, 1.54) is 6.42 Å². The number of nitrogens with zero attached hydrogens (tertiary/aromatic N) is 2. The van der Waals surface area contributed by atoms with E-state index in [-0.39, 0.29) is 6.61 Å². The number of hydrogen-bond donors (Lipinski definition) is 1. The van der Waals surface area contributed by atoms with Gasteiger partial charge < -0.3 is 10.0 Å². The molecule has 0 saturated carbocycles. The molecule has 1 N–H and O–H groups in total. The molecule has 0 spiro atoms. The van der Waals surface area contributed by atoms with Crippen molar-refractivity contribution in [1.82, 2.24) is 9.80 Å². The molecular formula is C10H20N2O. The van der Waals surface area contributed by atoms with Gasteiger partial charge in [-0.15, -0.1) is 0 Å². The average Bonchev–Trinajstić information content (AvgIpc) is 2.30. The van der Waals surface area contributed by atoms with E-state index >= 15 is 0 Å². The highest BCUT2D eigenvalue weighted by molar-refractivity contribution is 4.90. The van der Waals surface area contributed by atoms with E-state index < -0.39 is 0 Å². The van der Waals surface area contributed by atoms with Gasteiger partial charge in [0.2, 0.25) is 0 Å². The van der Waals surface area contributed by atoms with Crippen LogP contribution in [0.25, 0.3) is 0 Å². The van der Waals surface area contributed by atoms with Crippen LogP contribution in [0.15, 0.2) is 12.3 Å². The van der Waals surface area contributed by atoms with Crippen molar-refractivity contribution in [1.29, 1.82) is 0 Å². The molecule has 0 atom stereocenters. The highest BCUT2D eigenvalue weighted by atomic mass is 16.3. The Morgan fingerprint density at radius 1 is 1.31 bits per heavy atom. The monoisotopic (exact) mass is 184 g/mol. The minimum atomic E-state index is 0.271. The standard InChI is InChI=1S/C10H20N2O/c1-10(2)12-5-3-4-11(6-7-12)8-9-13/h13H,1,3-9H2,2H3. The molecule has 0 unspecified atom stereocenters. The molecule has 1 aliphatic rings. The summed E-state index contributed by atoms with van der Waals surface area (Å²) in [6.45, 7) is 11.4. The largest absolute Gasteiger partial charge is 0.395 e. The summed E-state index contributed by atoms with van der Waals surface area (Å²) < 4.78 is 0. The normalized spacial score (nSPS) is 20.0. The first-order valence-corrected chi connectivity index (χ1v) is 4.97. The van der Waals surface area contributed by atoms with Gasteiger partial charge in [-0.2, -0.15) is 0 Å². The molecule has 3 nitrogen and oxygen atoms in total. The second-order valence-electron chi connectivity index (χ2n) is 3.64. The lowest BCUT2D eigenvalue weighted by atomic mass is 10.3. The summed E-state index contributed by atoms with van der Waals surface area (Å²) in [6, 6.07) is 0. The molecule has 1 aliphatic heterocycles. The van der Waals surface area contributed by atoms with Gasteiger partial charge in [0, 0.05) is 31.9 Å². The first-order valence-electron chi connectivity index (χ1n) is 4.97. The second-order valence-corrected chi connectivity index (χ2v) is 3.64. The van der Waals surface area contributed by atoms with Crippen molar-refractivity contribution in [2.24, 2.45) is 0 Å². The average molecular weight is 184 g/mol. The van der Waals surface area contributed by atoms with Gasteiger partial charge in [0.1, 0.15) is 0 Å². The van der Waals surface area contributed by atoms with E-state index in [4.69, 9.17) is 5.11 Å². The fourth-order valence-electron chi connectivity index (χ4n) is 1.72. The smallest absolute Gasteiger partial charge is 0.0558 e. The number of aliphatic hydroxyl groups is 1. The third-order valence-electron chi connectivity index (χ3n) is 2.54. The van der Waals surface area contributed by atoms with Crippen LogP contribution in [-0.4, -0.2) is 54.2 Å². The van der Waals surface area contributed by atoms with E-state index in [9.17, 15) is 0 Å². The van der Waals surface area contributed by atoms with Crippen molar-refractivity contribution in [3.05, 3.63) is 12.3 Å². The van der Waals surface area contributed by atoms with Gasteiger partial charge in [-0.1, -0.05) is 6.58 Å². The number of hydrogen-bond acceptors (Lipinski definition) is 3. The SMILES string of the molecule is C=C(C)N1CCCN(CCO)CC1. The van der Waals surface area contributed by atoms with Gasteiger partial charge in [0.15, 0.2) is 0 Å². The minimum Gasteiger partial charge on any atom is -0.395 e. The van der Waals surface area contributed by atoms with E-state index in [0.29, 0.717) is 0 Å². The van der Waals surface area contributed by atoms with Crippen LogP contribution in [0.2, 0.25) is 0 Å². The summed E-state index contributed by atoms with van der Waals surface area (Å²) >= 11 is 0. The lowest BCUT2D eigenvalue weighted by Gasteiger charge is -2.22. The third kappa shape index (κ3) is 3.36. The Labute approximate surface area is 80.6 Å². The van der Waals surface area contributed by atoms with E-state index in [1.807, 2.05) is 0 Å². The van der Waals surface area contributed by atoms with Crippen LogP contribution in [0.5, 0.6) is 0 Å². The zero-order valence-corrected chi connectivity index (χ0v) is 8.50. The lowest BCUT2D eigenvalue weighted by Crippen LogP contribution is -2.31. The van der Waals surface area contributed by atoms with Crippen LogP contribution >= 0.6 is 0 Å². The van der Waals surface area contributed by atoms with Crippen LogP contribution in [0.4, 0.5) is 0 Å². The van der Waals surface area contributed by atoms with Crippen molar-refractivity contribution < 1.29 is 5.11 Å². The zero-order valence-electron chi connectivity index (χ0n) is 8.50. The van der Waals surface area contributed by atoms with Gasteiger partial charge in [-0.25, -0.2) is 0 Å². The topological polar surface area (TPSA) is 26.7 Å². The Morgan fingerprint density at radius 2 is 2.08 bits per heavy atom. The minimum absolute atomic E-state index is 0.271. The molecule has 0 aromatic carbocycles. The molecular weight excluding hydrogens is 164 g/mol. The van der Waals surface area contributed by atoms with Crippen molar-refractivity contribution >= 4 is 0 Å². The summed E-state index contributed by atoms with van der Waals surface area (Å²) in [6.07, 6.45) is 1.17. The summed E-state index contributed by atoms with van der Waals surface area (Å²) in [5, 5.41) is 8.81. The van der Waals surface area contributed by atoms with Crippen molar-refractivity contribution in [3.8, 4) is 0 Å². The maximum absolute atomic E-state index is 8.81. The van der Waals surface area contributed by atoms with Crippen LogP contribution < -0.4 is 0 Å². The molecule has 1 rings (SSSR count). The van der Waals surface area contributed by atoms with Crippen LogP contribution in [-0.2, 0) is 0 Å². The number of β-amino-alcohol motifs (C(OH)–C–C–N with tert-alkyl or cyclic N) is 1. The summed E-state index contributed by atoms with van der Waals surface area (Å²) in [4.78, 5) is 4.63. The van der Waals surface area contributed by atoms with Gasteiger partial charge in [-0.05, 0) is 19.9 Å². The fraction of sp³-hybridized carbons (Fsp3) is 0.800. The fourth-order valence-corrected chi connectivity index (χ4v) is 1.72. The molecule has 0 aromatic rings. The van der Waals surface area contributed by atoms with Crippen molar-refractivity contribution in [3.63, 3.8) is 0 Å². The predicted molar refractivity (Wildman–Crippen MR) is 54.5 cm³/mol.